The Bertz CT molecular complexity index is 1040. The van der Waals surface area contributed by atoms with Crippen molar-refractivity contribution in [3.8, 4) is 0 Å². The van der Waals surface area contributed by atoms with E-state index in [0.717, 1.165) is 36.8 Å². The Morgan fingerprint density at radius 2 is 1.90 bits per heavy atom. The van der Waals surface area contributed by atoms with Crippen LogP contribution in [0.3, 0.4) is 0 Å². The molecule has 2 nitrogen and oxygen atoms in total. The molecule has 1 atom stereocenters. The Labute approximate surface area is 180 Å². The minimum absolute atomic E-state index is 0.126. The van der Waals surface area contributed by atoms with Gasteiger partial charge in [0.15, 0.2) is 5.78 Å². The fourth-order valence-electron chi connectivity index (χ4n) is 4.85. The van der Waals surface area contributed by atoms with Crippen LogP contribution in [0.15, 0.2) is 66.9 Å². The molecule has 2 aromatic carbocycles. The number of fused-ring (bicyclic) bond motifs is 1. The first-order chi connectivity index (χ1) is 14.5. The Kier molecular flexibility index (Phi) is 5.94. The lowest BCUT2D eigenvalue weighted by molar-refractivity contribution is 0.101. The van der Waals surface area contributed by atoms with Crippen molar-refractivity contribution < 1.29 is 4.79 Å². The summed E-state index contributed by atoms with van der Waals surface area (Å²) >= 11 is 0. The molecule has 1 saturated carbocycles. The van der Waals surface area contributed by atoms with Gasteiger partial charge in [-0.25, -0.2) is 0 Å². The van der Waals surface area contributed by atoms with E-state index >= 15 is 0 Å². The predicted octanol–water partition coefficient (Wildman–Crippen LogP) is 7.43. The van der Waals surface area contributed by atoms with Crippen molar-refractivity contribution in [1.82, 2.24) is 4.98 Å². The molecule has 1 fully saturated rings. The maximum absolute atomic E-state index is 13.1. The SMILES string of the molecule is C=C(C(=O)c1ccc(C)cc1)C(CCC)CC1(CCc2cccc3[nH]ccc23)CC1. The summed E-state index contributed by atoms with van der Waals surface area (Å²) in [6.45, 7) is 8.54. The molecule has 1 aliphatic rings. The van der Waals surface area contributed by atoms with Crippen molar-refractivity contribution >= 4 is 16.7 Å². The number of carbonyl (C=O) groups excluding carboxylic acids is 1. The van der Waals surface area contributed by atoms with E-state index in [4.69, 9.17) is 0 Å². The Morgan fingerprint density at radius 1 is 1.13 bits per heavy atom. The number of Topliss-reactive ketones (excluding diaryl/α,β-unsaturated/α-hetero) is 1. The van der Waals surface area contributed by atoms with Gasteiger partial charge in [-0.3, -0.25) is 4.79 Å². The molecule has 0 aliphatic heterocycles. The van der Waals surface area contributed by atoms with Crippen LogP contribution < -0.4 is 0 Å². The first-order valence-corrected chi connectivity index (χ1v) is 11.4. The van der Waals surface area contributed by atoms with E-state index in [-0.39, 0.29) is 11.7 Å². The lowest BCUT2D eigenvalue weighted by Crippen LogP contribution is -2.18. The molecule has 3 aromatic rings. The van der Waals surface area contributed by atoms with Gasteiger partial charge in [0.2, 0.25) is 0 Å². The van der Waals surface area contributed by atoms with E-state index in [0.29, 0.717) is 5.41 Å². The number of carbonyl (C=O) groups is 1. The summed E-state index contributed by atoms with van der Waals surface area (Å²) in [4.78, 5) is 16.4. The van der Waals surface area contributed by atoms with Crippen molar-refractivity contribution in [2.24, 2.45) is 11.3 Å². The highest BCUT2D eigenvalue weighted by Gasteiger charge is 2.44. The fourth-order valence-corrected chi connectivity index (χ4v) is 4.85. The van der Waals surface area contributed by atoms with Crippen LogP contribution >= 0.6 is 0 Å². The van der Waals surface area contributed by atoms with Crippen LogP contribution in [-0.2, 0) is 6.42 Å². The van der Waals surface area contributed by atoms with Crippen LogP contribution in [0, 0.1) is 18.3 Å². The van der Waals surface area contributed by atoms with Gasteiger partial charge in [0.25, 0.3) is 0 Å². The molecule has 156 valence electrons. The predicted molar refractivity (Wildman–Crippen MR) is 126 cm³/mol. The molecule has 1 heterocycles. The number of benzene rings is 2. The third-order valence-electron chi connectivity index (χ3n) is 6.98. The zero-order chi connectivity index (χ0) is 21.1. The van der Waals surface area contributed by atoms with Gasteiger partial charge >= 0.3 is 0 Å². The van der Waals surface area contributed by atoms with Gasteiger partial charge in [0, 0.05) is 22.7 Å². The number of aromatic nitrogens is 1. The van der Waals surface area contributed by atoms with E-state index < -0.39 is 0 Å². The van der Waals surface area contributed by atoms with E-state index in [1.54, 1.807) is 0 Å². The number of aromatic amines is 1. The largest absolute Gasteiger partial charge is 0.361 e. The molecule has 1 aromatic heterocycles. The van der Waals surface area contributed by atoms with Crippen LogP contribution in [0.4, 0.5) is 0 Å². The molecular formula is C28H33NO. The molecule has 0 amide bonds. The number of hydrogen-bond acceptors (Lipinski definition) is 1. The molecule has 30 heavy (non-hydrogen) atoms. The van der Waals surface area contributed by atoms with Gasteiger partial charge < -0.3 is 4.98 Å². The molecular weight excluding hydrogens is 366 g/mol. The van der Waals surface area contributed by atoms with Gasteiger partial charge in [0.1, 0.15) is 0 Å². The number of aryl methyl sites for hydroxylation is 2. The van der Waals surface area contributed by atoms with E-state index in [9.17, 15) is 4.79 Å². The van der Waals surface area contributed by atoms with Crippen LogP contribution in [0.1, 0.15) is 66.9 Å². The Balaban J connectivity index is 1.44. The second kappa shape index (κ2) is 8.63. The summed E-state index contributed by atoms with van der Waals surface area (Å²) < 4.78 is 0. The summed E-state index contributed by atoms with van der Waals surface area (Å²) in [6.07, 6.45) is 10.1. The summed E-state index contributed by atoms with van der Waals surface area (Å²) in [5, 5.41) is 1.34. The van der Waals surface area contributed by atoms with Gasteiger partial charge in [-0.15, -0.1) is 0 Å². The number of allylic oxidation sites excluding steroid dienone is 1. The fraction of sp³-hybridized carbons (Fsp3) is 0.393. The van der Waals surface area contributed by atoms with Crippen molar-refractivity contribution in [2.75, 3.05) is 0 Å². The molecule has 0 saturated heterocycles. The molecule has 0 spiro atoms. The molecule has 2 heteroatoms. The first-order valence-electron chi connectivity index (χ1n) is 11.4. The van der Waals surface area contributed by atoms with Crippen molar-refractivity contribution in [3.05, 3.63) is 83.6 Å². The van der Waals surface area contributed by atoms with E-state index in [1.807, 2.05) is 37.4 Å². The summed E-state index contributed by atoms with van der Waals surface area (Å²) in [5.41, 5.74) is 5.79. The van der Waals surface area contributed by atoms with Crippen molar-refractivity contribution in [3.63, 3.8) is 0 Å². The zero-order valence-corrected chi connectivity index (χ0v) is 18.3. The minimum Gasteiger partial charge on any atom is -0.361 e. The second-order valence-corrected chi connectivity index (χ2v) is 9.27. The lowest BCUT2D eigenvalue weighted by Gasteiger charge is -2.25. The third-order valence-corrected chi connectivity index (χ3v) is 6.98. The highest BCUT2D eigenvalue weighted by atomic mass is 16.1. The van der Waals surface area contributed by atoms with Gasteiger partial charge in [-0.05, 0) is 80.1 Å². The van der Waals surface area contributed by atoms with Crippen LogP contribution in [0.2, 0.25) is 0 Å². The summed E-state index contributed by atoms with van der Waals surface area (Å²) in [7, 11) is 0. The molecule has 1 N–H and O–H groups in total. The van der Waals surface area contributed by atoms with E-state index in [2.05, 4.69) is 42.8 Å². The average molecular weight is 400 g/mol. The molecule has 4 rings (SSSR count). The third kappa shape index (κ3) is 4.43. The number of hydrogen-bond donors (Lipinski definition) is 1. The van der Waals surface area contributed by atoms with Gasteiger partial charge in [-0.1, -0.05) is 61.9 Å². The monoisotopic (exact) mass is 399 g/mol. The topological polar surface area (TPSA) is 32.9 Å². The van der Waals surface area contributed by atoms with Gasteiger partial charge in [0.05, 0.1) is 0 Å². The van der Waals surface area contributed by atoms with Crippen LogP contribution in [0.5, 0.6) is 0 Å². The molecule has 0 radical (unpaired) electrons. The normalized spacial score (nSPS) is 15.8. The standard InChI is InChI=1S/C28H33NO/c1-4-6-24(21(3)27(30)23-11-9-20(2)10-12-23)19-28(16-17-28)15-13-22-7-5-8-26-25(22)14-18-29-26/h5,7-12,14,18,24,29H,3-4,6,13,15-17,19H2,1-2H3. The Hall–Kier alpha value is -2.61. The molecule has 1 unspecified atom stereocenters. The van der Waals surface area contributed by atoms with Crippen LogP contribution in [0.25, 0.3) is 10.9 Å². The smallest absolute Gasteiger partial charge is 0.188 e. The maximum atomic E-state index is 13.1. The Morgan fingerprint density at radius 3 is 2.60 bits per heavy atom. The summed E-state index contributed by atoms with van der Waals surface area (Å²) in [6, 6.07) is 16.6. The average Bonchev–Trinajstić information content (AvgIpc) is 3.34. The van der Waals surface area contributed by atoms with Gasteiger partial charge in [-0.2, -0.15) is 0 Å². The maximum Gasteiger partial charge on any atom is 0.188 e. The summed E-state index contributed by atoms with van der Waals surface area (Å²) in [5.74, 6) is 0.413. The highest BCUT2D eigenvalue weighted by molar-refractivity contribution is 6.08. The molecule has 1 aliphatic carbocycles. The first kappa shape index (κ1) is 20.7. The van der Waals surface area contributed by atoms with Crippen molar-refractivity contribution in [2.45, 2.75) is 58.8 Å². The molecule has 0 bridgehead atoms. The number of nitrogens with one attached hydrogen (secondary N) is 1. The minimum atomic E-state index is 0.126. The highest BCUT2D eigenvalue weighted by Crippen LogP contribution is 2.55. The number of H-pyrrole nitrogens is 1. The van der Waals surface area contributed by atoms with Crippen molar-refractivity contribution in [1.29, 1.82) is 0 Å². The lowest BCUT2D eigenvalue weighted by atomic mass is 9.79. The number of rotatable bonds is 10. The van der Waals surface area contributed by atoms with E-state index in [1.165, 1.54) is 41.3 Å². The number of ketones is 1. The van der Waals surface area contributed by atoms with Crippen LogP contribution in [-0.4, -0.2) is 10.8 Å². The zero-order valence-electron chi connectivity index (χ0n) is 18.3. The quantitative estimate of drug-likeness (QED) is 0.279. The second-order valence-electron chi connectivity index (χ2n) is 9.27.